The Labute approximate surface area is 350 Å². The van der Waals surface area contributed by atoms with Crippen molar-refractivity contribution in [1.82, 2.24) is 19.3 Å². The number of para-hydroxylation sites is 1. The number of pyridine rings is 1. The monoisotopic (exact) mass is 927 g/mol. The largest absolute Gasteiger partial charge is 2.00 e. The molecule has 0 saturated heterocycles. The molecule has 0 radical (unpaired) electrons. The zero-order valence-electron chi connectivity index (χ0n) is 36.0. The topological polar surface area (TPSA) is 44.9 Å². The van der Waals surface area contributed by atoms with Crippen LogP contribution in [0.5, 0.6) is 11.5 Å². The van der Waals surface area contributed by atoms with E-state index >= 15 is 0 Å². The first-order valence-corrected chi connectivity index (χ1v) is 20.2. The van der Waals surface area contributed by atoms with Crippen molar-refractivity contribution < 1.29 is 25.8 Å². The summed E-state index contributed by atoms with van der Waals surface area (Å²) in [7, 11) is 0. The molecular formula is C50H60N4OPt. The second-order valence-electron chi connectivity index (χ2n) is 19.5. The number of allylic oxidation sites excluding steroid dienone is 2. The average molecular weight is 928 g/mol. The fourth-order valence-corrected chi connectivity index (χ4v) is 8.85. The van der Waals surface area contributed by atoms with E-state index < -0.39 is 0 Å². The third kappa shape index (κ3) is 7.82. The molecule has 0 N–H and O–H groups in total. The summed E-state index contributed by atoms with van der Waals surface area (Å²) in [6.45, 7) is 32.3. The van der Waals surface area contributed by atoms with Crippen LogP contribution in [0.3, 0.4) is 0 Å². The molecule has 56 heavy (non-hydrogen) atoms. The van der Waals surface area contributed by atoms with Crippen LogP contribution >= 0.6 is 0 Å². The molecule has 6 heteroatoms. The van der Waals surface area contributed by atoms with Crippen molar-refractivity contribution in [2.45, 2.75) is 121 Å². The van der Waals surface area contributed by atoms with Gasteiger partial charge in [-0.1, -0.05) is 118 Å². The van der Waals surface area contributed by atoms with Crippen LogP contribution in [0.2, 0.25) is 0 Å². The van der Waals surface area contributed by atoms with Crippen LogP contribution in [0.4, 0.5) is 0 Å². The smallest absolute Gasteiger partial charge is 0.509 e. The van der Waals surface area contributed by atoms with Crippen LogP contribution in [0.25, 0.3) is 33.3 Å². The number of nitrogens with zero attached hydrogens (tertiary/aromatic N) is 4. The summed E-state index contributed by atoms with van der Waals surface area (Å²) < 4.78 is 11.1. The minimum Gasteiger partial charge on any atom is -0.509 e. The van der Waals surface area contributed by atoms with Gasteiger partial charge in [0.1, 0.15) is 5.82 Å². The molecule has 3 atom stereocenters. The molecule has 3 aromatic heterocycles. The molecule has 296 valence electrons. The summed E-state index contributed by atoms with van der Waals surface area (Å²) in [6, 6.07) is 28.6. The van der Waals surface area contributed by atoms with Crippen molar-refractivity contribution in [2.24, 2.45) is 22.7 Å². The third-order valence-electron chi connectivity index (χ3n) is 11.8. The van der Waals surface area contributed by atoms with Crippen molar-refractivity contribution in [3.63, 3.8) is 0 Å². The molecule has 6 aromatic rings. The van der Waals surface area contributed by atoms with E-state index in [1.807, 2.05) is 12.3 Å². The first kappa shape index (κ1) is 41.7. The average Bonchev–Trinajstić information content (AvgIpc) is 3.59. The van der Waals surface area contributed by atoms with Crippen LogP contribution in [0.15, 0.2) is 78.5 Å². The number of hydrogen-bond donors (Lipinski definition) is 0. The number of aromatic nitrogens is 4. The van der Waals surface area contributed by atoms with Crippen molar-refractivity contribution in [1.29, 1.82) is 0 Å². The second-order valence-corrected chi connectivity index (χ2v) is 19.5. The summed E-state index contributed by atoms with van der Waals surface area (Å²) in [4.78, 5) is 4.86. The van der Waals surface area contributed by atoms with Crippen molar-refractivity contribution in [3.8, 4) is 23.0 Å². The first-order chi connectivity index (χ1) is 25.7. The van der Waals surface area contributed by atoms with E-state index in [9.17, 15) is 0 Å². The molecule has 1 aliphatic carbocycles. The Hall–Kier alpha value is -3.95. The molecule has 7 rings (SSSR count). The predicted octanol–water partition coefficient (Wildman–Crippen LogP) is 13.6. The number of benzene rings is 3. The maximum Gasteiger partial charge on any atom is 2.00 e. The van der Waals surface area contributed by atoms with E-state index in [1.54, 1.807) is 0 Å². The Bertz CT molecular complexity index is 2420. The van der Waals surface area contributed by atoms with Crippen LogP contribution in [-0.2, 0) is 26.5 Å². The molecule has 0 spiro atoms. The number of hydrogen-bond acceptors (Lipinski definition) is 3. The van der Waals surface area contributed by atoms with Gasteiger partial charge in [-0.05, 0) is 89.1 Å². The number of rotatable bonds is 6. The minimum atomic E-state index is -0.00942. The van der Waals surface area contributed by atoms with E-state index in [4.69, 9.17) is 14.8 Å². The zero-order chi connectivity index (χ0) is 39.8. The van der Waals surface area contributed by atoms with Gasteiger partial charge in [0.25, 0.3) is 0 Å². The van der Waals surface area contributed by atoms with Crippen molar-refractivity contribution >= 4 is 21.8 Å². The summed E-state index contributed by atoms with van der Waals surface area (Å²) in [6.07, 6.45) is 5.64. The van der Waals surface area contributed by atoms with E-state index in [2.05, 4.69) is 179 Å². The summed E-state index contributed by atoms with van der Waals surface area (Å²) >= 11 is 0. The molecule has 3 heterocycles. The number of fused-ring (bicyclic) bond motifs is 3. The van der Waals surface area contributed by atoms with Gasteiger partial charge in [0.15, 0.2) is 0 Å². The summed E-state index contributed by atoms with van der Waals surface area (Å²) in [5.74, 6) is 3.76. The zero-order valence-corrected chi connectivity index (χ0v) is 38.2. The fourth-order valence-electron chi connectivity index (χ4n) is 8.85. The molecule has 1 aliphatic rings. The maximum absolute atomic E-state index is 6.74. The van der Waals surface area contributed by atoms with Gasteiger partial charge in [0, 0.05) is 40.4 Å². The van der Waals surface area contributed by atoms with Crippen LogP contribution in [-0.4, -0.2) is 19.3 Å². The molecule has 0 aliphatic heterocycles. The number of aryl methyl sites for hydroxylation is 1. The molecule has 0 fully saturated rings. The first-order valence-electron chi connectivity index (χ1n) is 20.2. The van der Waals surface area contributed by atoms with Gasteiger partial charge in [0.2, 0.25) is 0 Å². The molecular weight excluding hydrogens is 868 g/mol. The Morgan fingerprint density at radius 1 is 0.821 bits per heavy atom. The molecule has 3 aromatic carbocycles. The van der Waals surface area contributed by atoms with Crippen molar-refractivity contribution in [2.75, 3.05) is 0 Å². The van der Waals surface area contributed by atoms with Gasteiger partial charge >= 0.3 is 21.1 Å². The normalized spacial score (nSPS) is 18.1. The number of ether oxygens (including phenoxy) is 1. The summed E-state index contributed by atoms with van der Waals surface area (Å²) in [5.41, 5.74) is 10.6. The second kappa shape index (κ2) is 15.1. The standard InChI is InChI=1S/C50H60N4O.Pt/c1-30(2)34-25-36(54-33(5)46(32(4)52-54)47-41(49(9,10)11)23-31(3)24-42(47)50(12,13)14)28-38(26-34)55-37-19-20-40-39-17-15-16-18-43(39)53(44(40)29-37)45-27-35(21-22-51-45)48(6,7)8;/h15-23,25-27,30-31,42,47H,24H2,1-14H3;/q-2;+2/t31-,42-,47?;/m0./s1. The van der Waals surface area contributed by atoms with E-state index in [0.717, 1.165) is 39.0 Å². The Morgan fingerprint density at radius 2 is 1.54 bits per heavy atom. The molecule has 0 amide bonds. The van der Waals surface area contributed by atoms with Gasteiger partial charge < -0.3 is 9.30 Å². The Morgan fingerprint density at radius 3 is 2.20 bits per heavy atom. The van der Waals surface area contributed by atoms with Crippen LogP contribution < -0.4 is 4.74 Å². The minimum absolute atomic E-state index is 0. The van der Waals surface area contributed by atoms with Gasteiger partial charge in [0.05, 0.1) is 5.69 Å². The molecule has 0 saturated carbocycles. The SMILES string of the molecule is Cc1nn(-c2[c-]c(Oc3[c-]c4c(cc3)c3ccccc3n4-c3cc(C(C)(C)C)ccn3)cc(C(C)C)c2)c(C)c1C1C(C(C)(C)C)=C[C@H](C)C[C@@H]1C(C)(C)C.[Pt+2]. The molecule has 5 nitrogen and oxygen atoms in total. The van der Waals surface area contributed by atoms with Gasteiger partial charge in [-0.3, -0.25) is 4.68 Å². The van der Waals surface area contributed by atoms with E-state index in [1.165, 1.54) is 34.4 Å². The van der Waals surface area contributed by atoms with E-state index in [-0.39, 0.29) is 43.2 Å². The summed E-state index contributed by atoms with van der Waals surface area (Å²) in [5, 5.41) is 7.54. The van der Waals surface area contributed by atoms with Crippen LogP contribution in [0.1, 0.15) is 129 Å². The van der Waals surface area contributed by atoms with Gasteiger partial charge in [-0.2, -0.15) is 11.2 Å². The third-order valence-corrected chi connectivity index (χ3v) is 11.8. The Balaban J connectivity index is 0.00000532. The fraction of sp³-hybridized carbons (Fsp3) is 0.440. The Kier molecular flexibility index (Phi) is 11.2. The molecule has 1 unspecified atom stereocenters. The predicted molar refractivity (Wildman–Crippen MR) is 229 cm³/mol. The van der Waals surface area contributed by atoms with Gasteiger partial charge in [-0.25, -0.2) is 4.98 Å². The molecule has 0 bridgehead atoms. The van der Waals surface area contributed by atoms with Crippen LogP contribution in [0, 0.1) is 48.6 Å². The van der Waals surface area contributed by atoms with Gasteiger partial charge in [-0.15, -0.1) is 41.3 Å². The quantitative estimate of drug-likeness (QED) is 0.123. The maximum atomic E-state index is 6.74. The van der Waals surface area contributed by atoms with E-state index in [0.29, 0.717) is 29.3 Å². The van der Waals surface area contributed by atoms with Crippen molar-refractivity contribution in [3.05, 3.63) is 119 Å².